The summed E-state index contributed by atoms with van der Waals surface area (Å²) >= 11 is 0. The fourth-order valence-electron chi connectivity index (χ4n) is 5.18. The third-order valence-electron chi connectivity index (χ3n) is 7.41. The van der Waals surface area contributed by atoms with E-state index in [2.05, 4.69) is 12.2 Å². The highest BCUT2D eigenvalue weighted by molar-refractivity contribution is 5.77. The lowest BCUT2D eigenvalue weighted by Crippen LogP contribution is -2.68. The van der Waals surface area contributed by atoms with E-state index in [0.717, 1.165) is 24.8 Å². The van der Waals surface area contributed by atoms with Crippen LogP contribution in [-0.2, 0) is 30.3 Å². The summed E-state index contributed by atoms with van der Waals surface area (Å²) < 4.78 is 23.2. The van der Waals surface area contributed by atoms with E-state index in [1.54, 1.807) is 13.8 Å². The molecule has 0 aromatic heterocycles. The van der Waals surface area contributed by atoms with Crippen molar-refractivity contribution in [2.75, 3.05) is 6.61 Å². The van der Waals surface area contributed by atoms with Gasteiger partial charge in [0, 0.05) is 0 Å². The molecule has 1 amide bonds. The van der Waals surface area contributed by atoms with Crippen molar-refractivity contribution in [3.05, 3.63) is 35.9 Å². The first-order chi connectivity index (χ1) is 18.3. The number of benzene rings is 1. The predicted molar refractivity (Wildman–Crippen MR) is 145 cm³/mol. The molecular formula is C30H49NO7. The highest BCUT2D eigenvalue weighted by Gasteiger charge is 2.50. The predicted octanol–water partition coefficient (Wildman–Crippen LogP) is 4.60. The van der Waals surface area contributed by atoms with E-state index in [9.17, 15) is 15.0 Å². The molecule has 0 unspecified atom stereocenters. The third-order valence-corrected chi connectivity index (χ3v) is 7.41. The molecule has 0 aliphatic carbocycles. The highest BCUT2D eigenvalue weighted by atomic mass is 16.7. The van der Waals surface area contributed by atoms with Crippen LogP contribution in [0, 0.1) is 0 Å². The van der Waals surface area contributed by atoms with Crippen LogP contribution in [0.2, 0.25) is 0 Å². The van der Waals surface area contributed by atoms with Crippen LogP contribution in [0.3, 0.4) is 0 Å². The average molecular weight is 536 g/mol. The zero-order chi connectivity index (χ0) is 27.4. The second-order valence-corrected chi connectivity index (χ2v) is 11.2. The van der Waals surface area contributed by atoms with Crippen molar-refractivity contribution in [2.45, 2.75) is 141 Å². The quantitative estimate of drug-likeness (QED) is 0.266. The monoisotopic (exact) mass is 535 g/mol. The van der Waals surface area contributed by atoms with Gasteiger partial charge in [-0.3, -0.25) is 4.79 Å². The zero-order valence-electron chi connectivity index (χ0n) is 23.5. The molecule has 2 aliphatic rings. The minimum Gasteiger partial charge on any atom is -0.388 e. The van der Waals surface area contributed by atoms with E-state index in [4.69, 9.17) is 18.9 Å². The standard InChI is InChI=1S/C30H49NO7/c1-4-5-6-7-8-9-10-11-15-18-23(35-20-22-16-13-12-14-17-22)19-25(32)31-26-27(33)28-24(37-29(26)34)21-36-30(2,3)38-28/h12-14,16-17,23-24,26-29,33-34H,4-11,15,18-21H2,1-3H3,(H,31,32)/t23-,24-,26-,27-,28-,29+/m1/s1. The van der Waals surface area contributed by atoms with Gasteiger partial charge in [-0.25, -0.2) is 0 Å². The number of nitrogens with one attached hydrogen (secondary N) is 1. The van der Waals surface area contributed by atoms with Gasteiger partial charge in [0.1, 0.15) is 24.4 Å². The molecular weight excluding hydrogens is 486 g/mol. The lowest BCUT2D eigenvalue weighted by Gasteiger charge is -2.48. The van der Waals surface area contributed by atoms with Crippen LogP contribution in [0.4, 0.5) is 0 Å². The lowest BCUT2D eigenvalue weighted by atomic mass is 9.95. The number of amides is 1. The molecule has 6 atom stereocenters. The Bertz CT molecular complexity index is 805. The van der Waals surface area contributed by atoms with E-state index in [1.165, 1.54) is 44.9 Å². The van der Waals surface area contributed by atoms with Crippen molar-refractivity contribution >= 4 is 5.91 Å². The highest BCUT2D eigenvalue weighted by Crippen LogP contribution is 2.32. The molecule has 2 saturated heterocycles. The van der Waals surface area contributed by atoms with E-state index in [0.29, 0.717) is 6.61 Å². The fraction of sp³-hybridized carbons (Fsp3) is 0.767. The molecule has 1 aromatic rings. The largest absolute Gasteiger partial charge is 0.388 e. The van der Waals surface area contributed by atoms with Crippen LogP contribution < -0.4 is 5.32 Å². The number of rotatable bonds is 16. The molecule has 0 saturated carbocycles. The number of hydrogen-bond donors (Lipinski definition) is 3. The molecule has 38 heavy (non-hydrogen) atoms. The molecule has 0 radical (unpaired) electrons. The molecule has 216 valence electrons. The van der Waals surface area contributed by atoms with Crippen molar-refractivity contribution in [2.24, 2.45) is 0 Å². The molecule has 8 heteroatoms. The second kappa shape index (κ2) is 15.9. The summed E-state index contributed by atoms with van der Waals surface area (Å²) in [5.74, 6) is -1.18. The lowest BCUT2D eigenvalue weighted by molar-refractivity contribution is -0.364. The van der Waals surface area contributed by atoms with Crippen LogP contribution in [0.1, 0.15) is 97.0 Å². The summed E-state index contributed by atoms with van der Waals surface area (Å²) in [6, 6.07) is 8.92. The SMILES string of the molecule is CCCCCCCCCCC[C@H](CC(=O)N[C@@H]1[C@@H](O)[C@@H]2OC(C)(C)OC[C@H]2O[C@@H]1O)OCc1ccccc1. The minimum atomic E-state index is -1.36. The number of aliphatic hydroxyl groups excluding tert-OH is 2. The summed E-state index contributed by atoms with van der Waals surface area (Å²) in [4.78, 5) is 13.0. The maximum absolute atomic E-state index is 13.0. The van der Waals surface area contributed by atoms with Crippen LogP contribution >= 0.6 is 0 Å². The number of unbranched alkanes of at least 4 members (excludes halogenated alkanes) is 8. The Labute approximate surface area is 228 Å². The summed E-state index contributed by atoms with van der Waals surface area (Å²) in [6.45, 7) is 6.38. The van der Waals surface area contributed by atoms with Gasteiger partial charge in [0.2, 0.25) is 5.91 Å². The Morgan fingerprint density at radius 3 is 2.39 bits per heavy atom. The topological polar surface area (TPSA) is 106 Å². The smallest absolute Gasteiger partial charge is 0.223 e. The van der Waals surface area contributed by atoms with Gasteiger partial charge in [0.05, 0.1) is 25.7 Å². The number of fused-ring (bicyclic) bond motifs is 1. The van der Waals surface area contributed by atoms with Gasteiger partial charge in [-0.2, -0.15) is 0 Å². The van der Waals surface area contributed by atoms with Crippen molar-refractivity contribution in [3.8, 4) is 0 Å². The molecule has 3 rings (SSSR count). The zero-order valence-corrected chi connectivity index (χ0v) is 23.5. The van der Waals surface area contributed by atoms with E-state index in [1.807, 2.05) is 30.3 Å². The van der Waals surface area contributed by atoms with Gasteiger partial charge in [-0.05, 0) is 25.8 Å². The Morgan fingerprint density at radius 2 is 1.71 bits per heavy atom. The molecule has 0 spiro atoms. The average Bonchev–Trinajstić information content (AvgIpc) is 2.89. The van der Waals surface area contributed by atoms with Crippen molar-refractivity contribution in [1.82, 2.24) is 5.32 Å². The van der Waals surface area contributed by atoms with Crippen molar-refractivity contribution in [1.29, 1.82) is 0 Å². The van der Waals surface area contributed by atoms with E-state index >= 15 is 0 Å². The molecule has 0 bridgehead atoms. The number of aliphatic hydroxyl groups is 2. The van der Waals surface area contributed by atoms with Crippen molar-refractivity contribution in [3.63, 3.8) is 0 Å². The van der Waals surface area contributed by atoms with Crippen LogP contribution in [0.25, 0.3) is 0 Å². The van der Waals surface area contributed by atoms with Gasteiger partial charge in [0.25, 0.3) is 0 Å². The van der Waals surface area contributed by atoms with Crippen LogP contribution in [0.15, 0.2) is 30.3 Å². The number of ether oxygens (including phenoxy) is 4. The Kier molecular flexibility index (Phi) is 13.0. The minimum absolute atomic E-state index is 0.142. The molecule has 2 heterocycles. The van der Waals surface area contributed by atoms with Crippen LogP contribution in [-0.4, -0.2) is 65.3 Å². The normalized spacial score (nSPS) is 27.4. The first kappa shape index (κ1) is 31.0. The summed E-state index contributed by atoms with van der Waals surface area (Å²) in [7, 11) is 0. The van der Waals surface area contributed by atoms with E-state index < -0.39 is 36.4 Å². The first-order valence-electron chi connectivity index (χ1n) is 14.6. The molecule has 2 fully saturated rings. The Morgan fingerprint density at radius 1 is 1.05 bits per heavy atom. The van der Waals surface area contributed by atoms with Gasteiger partial charge in [-0.15, -0.1) is 0 Å². The number of carbonyl (C=O) groups is 1. The Balaban J connectivity index is 1.48. The molecule has 8 nitrogen and oxygen atoms in total. The summed E-state index contributed by atoms with van der Waals surface area (Å²) in [6.07, 6.45) is 7.96. The summed E-state index contributed by atoms with van der Waals surface area (Å²) in [5, 5.41) is 24.2. The van der Waals surface area contributed by atoms with Gasteiger partial charge in [-0.1, -0.05) is 95.0 Å². The number of hydrogen-bond acceptors (Lipinski definition) is 7. The van der Waals surface area contributed by atoms with E-state index in [-0.39, 0.29) is 25.0 Å². The fourth-order valence-corrected chi connectivity index (χ4v) is 5.18. The van der Waals surface area contributed by atoms with Gasteiger partial charge < -0.3 is 34.5 Å². The van der Waals surface area contributed by atoms with Gasteiger partial charge in [0.15, 0.2) is 12.1 Å². The third kappa shape index (κ3) is 10.2. The molecule has 2 aliphatic heterocycles. The van der Waals surface area contributed by atoms with Crippen molar-refractivity contribution < 1.29 is 34.0 Å². The molecule has 1 aromatic carbocycles. The summed E-state index contributed by atoms with van der Waals surface area (Å²) in [5.41, 5.74) is 1.06. The maximum atomic E-state index is 13.0. The Hall–Kier alpha value is -1.55. The maximum Gasteiger partial charge on any atom is 0.223 e. The van der Waals surface area contributed by atoms with Gasteiger partial charge >= 0.3 is 0 Å². The first-order valence-corrected chi connectivity index (χ1v) is 14.6. The number of carbonyl (C=O) groups excluding carboxylic acids is 1. The second-order valence-electron chi connectivity index (χ2n) is 11.2. The molecule has 3 N–H and O–H groups in total. The van der Waals surface area contributed by atoms with Crippen LogP contribution in [0.5, 0.6) is 0 Å².